The molecular formula is C15H21NO6S. The molecule has 1 aromatic rings. The second-order valence-corrected chi connectivity index (χ2v) is 6.77. The smallest absolute Gasteiger partial charge is 0.321 e. The van der Waals surface area contributed by atoms with E-state index in [1.165, 1.54) is 25.3 Å². The van der Waals surface area contributed by atoms with Gasteiger partial charge in [0.05, 0.1) is 18.4 Å². The minimum Gasteiger partial charge on any atom is -0.480 e. The molecule has 0 heterocycles. The van der Waals surface area contributed by atoms with Gasteiger partial charge in [0.15, 0.2) is 0 Å². The van der Waals surface area contributed by atoms with E-state index < -0.39 is 28.0 Å². The lowest BCUT2D eigenvalue weighted by Gasteiger charge is -2.15. The van der Waals surface area contributed by atoms with Crippen molar-refractivity contribution in [2.24, 2.45) is 0 Å². The van der Waals surface area contributed by atoms with Crippen molar-refractivity contribution in [3.63, 3.8) is 0 Å². The Labute approximate surface area is 135 Å². The van der Waals surface area contributed by atoms with Crippen molar-refractivity contribution in [2.45, 2.75) is 43.5 Å². The Hall–Kier alpha value is -1.93. The molecule has 0 unspecified atom stereocenters. The van der Waals surface area contributed by atoms with Gasteiger partial charge in [-0.25, -0.2) is 8.42 Å². The summed E-state index contributed by atoms with van der Waals surface area (Å²) in [6.45, 7) is 1.89. The SMILES string of the molecule is CCCC[C@H](NS(=O)(=O)c1cccc(CC(=O)OC)c1)C(=O)O. The van der Waals surface area contributed by atoms with Crippen LogP contribution >= 0.6 is 0 Å². The van der Waals surface area contributed by atoms with Gasteiger partial charge in [0.2, 0.25) is 10.0 Å². The zero-order valence-corrected chi connectivity index (χ0v) is 13.9. The molecule has 0 aliphatic carbocycles. The van der Waals surface area contributed by atoms with E-state index in [-0.39, 0.29) is 17.7 Å². The molecule has 1 aromatic carbocycles. The van der Waals surface area contributed by atoms with Gasteiger partial charge in [0.1, 0.15) is 6.04 Å². The van der Waals surface area contributed by atoms with Gasteiger partial charge in [-0.1, -0.05) is 31.9 Å². The van der Waals surface area contributed by atoms with Crippen LogP contribution in [0.1, 0.15) is 31.7 Å². The molecule has 0 aliphatic rings. The summed E-state index contributed by atoms with van der Waals surface area (Å²) in [6.07, 6.45) is 1.52. The Morgan fingerprint density at radius 1 is 1.35 bits per heavy atom. The van der Waals surface area contributed by atoms with Gasteiger partial charge < -0.3 is 9.84 Å². The Balaban J connectivity index is 2.96. The summed E-state index contributed by atoms with van der Waals surface area (Å²) >= 11 is 0. The van der Waals surface area contributed by atoms with Crippen molar-refractivity contribution in [3.8, 4) is 0 Å². The molecule has 0 aliphatic heterocycles. The number of ether oxygens (including phenoxy) is 1. The van der Waals surface area contributed by atoms with Gasteiger partial charge in [-0.2, -0.15) is 4.72 Å². The average Bonchev–Trinajstić information content (AvgIpc) is 2.51. The van der Waals surface area contributed by atoms with Crippen molar-refractivity contribution < 1.29 is 27.9 Å². The number of methoxy groups -OCH3 is 1. The zero-order valence-electron chi connectivity index (χ0n) is 13.1. The van der Waals surface area contributed by atoms with E-state index in [0.717, 1.165) is 6.42 Å². The molecule has 2 N–H and O–H groups in total. The van der Waals surface area contributed by atoms with Crippen molar-refractivity contribution in [1.29, 1.82) is 0 Å². The Kier molecular flexibility index (Phi) is 7.18. The number of sulfonamides is 1. The number of nitrogens with one attached hydrogen (secondary N) is 1. The first-order valence-electron chi connectivity index (χ1n) is 7.21. The van der Waals surface area contributed by atoms with Gasteiger partial charge >= 0.3 is 11.9 Å². The normalized spacial score (nSPS) is 12.6. The molecular weight excluding hydrogens is 322 g/mol. The van der Waals surface area contributed by atoms with Crippen LogP contribution in [-0.2, 0) is 30.8 Å². The predicted octanol–water partition coefficient (Wildman–Crippen LogP) is 1.32. The molecule has 0 saturated heterocycles. The standard InChI is InChI=1S/C15H21NO6S/c1-3-4-8-13(15(18)19)16-23(20,21)12-7-5-6-11(9-12)10-14(17)22-2/h5-7,9,13,16H,3-4,8,10H2,1-2H3,(H,18,19)/t13-/m0/s1. The number of carbonyl (C=O) groups is 2. The summed E-state index contributed by atoms with van der Waals surface area (Å²) in [5.74, 6) is -1.70. The largest absolute Gasteiger partial charge is 0.480 e. The third-order valence-corrected chi connectivity index (χ3v) is 4.70. The first-order valence-corrected chi connectivity index (χ1v) is 8.69. The first-order chi connectivity index (χ1) is 10.8. The van der Waals surface area contributed by atoms with Crippen molar-refractivity contribution >= 4 is 22.0 Å². The Morgan fingerprint density at radius 3 is 2.61 bits per heavy atom. The molecule has 1 atom stereocenters. The number of hydrogen-bond acceptors (Lipinski definition) is 5. The van der Waals surface area contributed by atoms with E-state index in [0.29, 0.717) is 12.0 Å². The molecule has 0 bridgehead atoms. The number of carboxylic acids is 1. The summed E-state index contributed by atoms with van der Waals surface area (Å²) in [5.41, 5.74) is 0.472. The van der Waals surface area contributed by atoms with Crippen LogP contribution in [0.25, 0.3) is 0 Å². The lowest BCUT2D eigenvalue weighted by molar-refractivity contribution is -0.140. The maximum Gasteiger partial charge on any atom is 0.321 e. The minimum absolute atomic E-state index is 0.0575. The molecule has 0 amide bonds. The molecule has 7 nitrogen and oxygen atoms in total. The van der Waals surface area contributed by atoms with E-state index in [2.05, 4.69) is 9.46 Å². The fourth-order valence-corrected chi connectivity index (χ4v) is 3.25. The fraction of sp³-hybridized carbons (Fsp3) is 0.467. The highest BCUT2D eigenvalue weighted by molar-refractivity contribution is 7.89. The number of aliphatic carboxylic acids is 1. The third-order valence-electron chi connectivity index (χ3n) is 3.23. The predicted molar refractivity (Wildman–Crippen MR) is 83.4 cm³/mol. The highest BCUT2D eigenvalue weighted by Crippen LogP contribution is 2.14. The summed E-state index contributed by atoms with van der Waals surface area (Å²) in [4.78, 5) is 22.4. The molecule has 0 radical (unpaired) electrons. The molecule has 0 fully saturated rings. The fourth-order valence-electron chi connectivity index (χ4n) is 1.96. The number of unbranched alkanes of at least 4 members (excludes halogenated alkanes) is 1. The summed E-state index contributed by atoms with van der Waals surface area (Å²) < 4.78 is 31.4. The monoisotopic (exact) mass is 343 g/mol. The van der Waals surface area contributed by atoms with Crippen LogP contribution in [-0.4, -0.2) is 38.6 Å². The highest BCUT2D eigenvalue weighted by atomic mass is 32.2. The summed E-state index contributed by atoms with van der Waals surface area (Å²) in [6, 6.07) is 4.60. The number of benzene rings is 1. The van der Waals surface area contributed by atoms with Crippen LogP contribution in [0, 0.1) is 0 Å². The molecule has 0 saturated carbocycles. The summed E-state index contributed by atoms with van der Waals surface area (Å²) in [5, 5.41) is 9.13. The van der Waals surface area contributed by atoms with Gasteiger partial charge in [-0.05, 0) is 24.1 Å². The van der Waals surface area contributed by atoms with Gasteiger partial charge in [0, 0.05) is 0 Å². The minimum atomic E-state index is -3.98. The van der Waals surface area contributed by atoms with Crippen LogP contribution in [0.5, 0.6) is 0 Å². The molecule has 8 heteroatoms. The topological polar surface area (TPSA) is 110 Å². The zero-order chi connectivity index (χ0) is 17.5. The second-order valence-electron chi connectivity index (χ2n) is 5.05. The first kappa shape index (κ1) is 19.1. The molecule has 0 spiro atoms. The van der Waals surface area contributed by atoms with Crippen LogP contribution in [0.15, 0.2) is 29.2 Å². The maximum absolute atomic E-state index is 12.3. The maximum atomic E-state index is 12.3. The highest BCUT2D eigenvalue weighted by Gasteiger charge is 2.25. The third kappa shape index (κ3) is 5.99. The molecule has 0 aromatic heterocycles. The molecule has 128 valence electrons. The van der Waals surface area contributed by atoms with Crippen LogP contribution < -0.4 is 4.72 Å². The van der Waals surface area contributed by atoms with Crippen molar-refractivity contribution in [1.82, 2.24) is 4.72 Å². The average molecular weight is 343 g/mol. The van der Waals surface area contributed by atoms with Crippen LogP contribution in [0.4, 0.5) is 0 Å². The van der Waals surface area contributed by atoms with E-state index in [9.17, 15) is 18.0 Å². The number of rotatable bonds is 9. The second kappa shape index (κ2) is 8.64. The lowest BCUT2D eigenvalue weighted by atomic mass is 10.1. The molecule has 1 rings (SSSR count). The Bertz CT molecular complexity index is 656. The van der Waals surface area contributed by atoms with E-state index in [1.807, 2.05) is 6.92 Å². The van der Waals surface area contributed by atoms with Crippen molar-refractivity contribution in [2.75, 3.05) is 7.11 Å². The number of carboxylic acid groups (broad SMARTS) is 1. The van der Waals surface area contributed by atoms with Crippen LogP contribution in [0.3, 0.4) is 0 Å². The molecule has 23 heavy (non-hydrogen) atoms. The van der Waals surface area contributed by atoms with E-state index in [1.54, 1.807) is 6.07 Å². The van der Waals surface area contributed by atoms with Crippen LogP contribution in [0.2, 0.25) is 0 Å². The van der Waals surface area contributed by atoms with E-state index in [4.69, 9.17) is 5.11 Å². The Morgan fingerprint density at radius 2 is 2.04 bits per heavy atom. The number of carbonyl (C=O) groups excluding carboxylic acids is 1. The number of hydrogen-bond donors (Lipinski definition) is 2. The lowest BCUT2D eigenvalue weighted by Crippen LogP contribution is -2.40. The van der Waals surface area contributed by atoms with Crippen molar-refractivity contribution in [3.05, 3.63) is 29.8 Å². The van der Waals surface area contributed by atoms with Gasteiger partial charge in [-0.15, -0.1) is 0 Å². The number of esters is 1. The van der Waals surface area contributed by atoms with Gasteiger partial charge in [0.25, 0.3) is 0 Å². The van der Waals surface area contributed by atoms with E-state index >= 15 is 0 Å². The quantitative estimate of drug-likeness (QED) is 0.655. The summed E-state index contributed by atoms with van der Waals surface area (Å²) in [7, 11) is -2.74. The van der Waals surface area contributed by atoms with Gasteiger partial charge in [-0.3, -0.25) is 9.59 Å².